The van der Waals surface area contributed by atoms with Crippen LogP contribution in [0, 0.1) is 5.41 Å². The highest BCUT2D eigenvalue weighted by Gasteiger charge is 2.55. The van der Waals surface area contributed by atoms with E-state index in [1.807, 2.05) is 0 Å². The molecule has 0 saturated carbocycles. The summed E-state index contributed by atoms with van der Waals surface area (Å²) in [5, 5.41) is 25.4. The van der Waals surface area contributed by atoms with Gasteiger partial charge in [-0.2, -0.15) is 0 Å². The first-order valence-electron chi connectivity index (χ1n) is 11.2. The van der Waals surface area contributed by atoms with Gasteiger partial charge in [-0.25, -0.2) is 0 Å². The zero-order valence-corrected chi connectivity index (χ0v) is 23.2. The molecule has 9 atom stereocenters. The minimum absolute atomic E-state index is 0.462. The van der Waals surface area contributed by atoms with Crippen molar-refractivity contribution in [1.82, 2.24) is 0 Å². The number of hydrogen-bond donors (Lipinski definition) is 2. The third-order valence-corrected chi connectivity index (χ3v) is 5.77. The van der Waals surface area contributed by atoms with Gasteiger partial charge in [-0.1, -0.05) is 45.0 Å². The van der Waals surface area contributed by atoms with E-state index >= 15 is 0 Å². The number of esters is 3. The zero-order valence-electron chi connectivity index (χ0n) is 21.0. The average molecular weight is 633 g/mol. The van der Waals surface area contributed by atoms with Crippen molar-refractivity contribution in [2.24, 2.45) is 10.2 Å². The lowest BCUT2D eigenvalue weighted by Crippen LogP contribution is -2.61. The summed E-state index contributed by atoms with van der Waals surface area (Å²) in [6, 6.07) is -1.54. The monoisotopic (exact) mass is 631 g/mol. The van der Waals surface area contributed by atoms with E-state index in [4.69, 9.17) is 84.4 Å². The van der Waals surface area contributed by atoms with Crippen LogP contribution in [-0.2, 0) is 47.5 Å². The number of rotatable bonds is 10. The fourth-order valence-corrected chi connectivity index (χ4v) is 3.87. The topological polar surface area (TPSA) is 257 Å². The van der Waals surface area contributed by atoms with Crippen molar-refractivity contribution in [2.45, 2.75) is 79.8 Å². The van der Waals surface area contributed by atoms with Gasteiger partial charge in [0.2, 0.25) is 12.2 Å². The number of alkyl halides is 3. The summed E-state index contributed by atoms with van der Waals surface area (Å²) in [7, 11) is 0. The molecule has 2 aliphatic heterocycles. The maximum absolute atomic E-state index is 12.0. The number of carbonyl (C=O) groups excluding carboxylic acids is 3. The maximum Gasteiger partial charge on any atom is 0.303 e. The Bertz CT molecular complexity index is 1070. The average Bonchev–Trinajstić information content (AvgIpc) is 3.14. The van der Waals surface area contributed by atoms with Crippen molar-refractivity contribution in [3.05, 3.63) is 20.9 Å². The standard InChI is InChI=1S/C19H24Cl3N7O11/c1-6(30)34-5-10-13(15(36-8(3)32)17(38-10)40-18(23)19(20,21)22)39-16-11(27-29-25)14(35-7(2)31)12(33)9(37-16)4-26-28-24/h9-17,23,33H,4-5H2,1-3H3/t9-,10+,11?,12+,13+,14+,15+,16+,17?/m0/s1. The number of nitrogens with one attached hydrogen (secondary N) is 1. The number of nitrogens with zero attached hydrogens (tertiary/aromatic N) is 6. The van der Waals surface area contributed by atoms with E-state index in [-0.39, 0.29) is 0 Å². The van der Waals surface area contributed by atoms with E-state index in [9.17, 15) is 19.5 Å². The van der Waals surface area contributed by atoms with Gasteiger partial charge in [-0.05, 0) is 11.1 Å². The molecule has 0 spiro atoms. The molecule has 222 valence electrons. The number of azide groups is 2. The second kappa shape index (κ2) is 14.7. The van der Waals surface area contributed by atoms with Gasteiger partial charge in [0.25, 0.3) is 3.79 Å². The SMILES string of the molecule is CC(=O)OC[C@H]1OC(OC(=N)C(Cl)(Cl)Cl)[C@H](OC(C)=O)[C@@H]1O[C@H]1O[C@@H](CN=[N+]=[N-])[C@@H](O)[C@H](OC(C)=O)C1N=[N+]=[N-]. The van der Waals surface area contributed by atoms with Crippen LogP contribution in [0.2, 0.25) is 0 Å². The highest BCUT2D eigenvalue weighted by Crippen LogP contribution is 2.36. The number of hydrogen-bond acceptors (Lipinski definition) is 14. The number of halogens is 3. The first-order chi connectivity index (χ1) is 18.7. The van der Waals surface area contributed by atoms with Crippen LogP contribution in [0.25, 0.3) is 20.9 Å². The van der Waals surface area contributed by atoms with Crippen LogP contribution in [0.15, 0.2) is 10.2 Å². The predicted molar refractivity (Wildman–Crippen MR) is 132 cm³/mol. The Hall–Kier alpha value is -2.79. The quantitative estimate of drug-likeness (QED) is 0.0514. The predicted octanol–water partition coefficient (Wildman–Crippen LogP) is 1.96. The number of carbonyl (C=O) groups is 3. The molecule has 0 aliphatic carbocycles. The van der Waals surface area contributed by atoms with Crippen molar-refractivity contribution >= 4 is 58.6 Å². The molecule has 2 heterocycles. The van der Waals surface area contributed by atoms with Crippen LogP contribution in [0.3, 0.4) is 0 Å². The molecule has 2 N–H and O–H groups in total. The lowest BCUT2D eigenvalue weighted by molar-refractivity contribution is -0.282. The van der Waals surface area contributed by atoms with E-state index < -0.39 is 96.0 Å². The van der Waals surface area contributed by atoms with Gasteiger partial charge in [0.15, 0.2) is 12.4 Å². The second-order valence-corrected chi connectivity index (χ2v) is 10.5. The highest BCUT2D eigenvalue weighted by atomic mass is 35.6. The normalized spacial score (nSPS) is 31.6. The molecule has 21 heteroatoms. The van der Waals surface area contributed by atoms with Gasteiger partial charge in [0.05, 0.1) is 12.6 Å². The molecule has 2 fully saturated rings. The maximum atomic E-state index is 12.0. The molecular weight excluding hydrogens is 609 g/mol. The van der Waals surface area contributed by atoms with Crippen molar-refractivity contribution in [1.29, 1.82) is 5.41 Å². The number of ether oxygens (including phenoxy) is 7. The molecule has 0 aromatic heterocycles. The Morgan fingerprint density at radius 1 is 0.925 bits per heavy atom. The van der Waals surface area contributed by atoms with Gasteiger partial charge in [0.1, 0.15) is 37.1 Å². The minimum atomic E-state index is -2.34. The van der Waals surface area contributed by atoms with E-state index in [1.165, 1.54) is 0 Å². The molecule has 2 aliphatic rings. The van der Waals surface area contributed by atoms with Crippen LogP contribution in [0.1, 0.15) is 20.8 Å². The first-order valence-corrected chi connectivity index (χ1v) is 12.3. The molecule has 0 bridgehead atoms. The molecule has 18 nitrogen and oxygen atoms in total. The van der Waals surface area contributed by atoms with Crippen molar-refractivity contribution < 1.29 is 52.6 Å². The lowest BCUT2D eigenvalue weighted by Gasteiger charge is -2.43. The molecule has 0 aromatic carbocycles. The summed E-state index contributed by atoms with van der Waals surface area (Å²) in [6.07, 6.45) is -12.1. The molecule has 0 amide bonds. The fraction of sp³-hybridized carbons (Fsp3) is 0.789. The van der Waals surface area contributed by atoms with Crippen molar-refractivity contribution in [2.75, 3.05) is 13.2 Å². The summed E-state index contributed by atoms with van der Waals surface area (Å²) < 4.78 is 35.7. The Morgan fingerprint density at radius 3 is 2.05 bits per heavy atom. The van der Waals surface area contributed by atoms with E-state index in [1.54, 1.807) is 0 Å². The molecule has 2 saturated heterocycles. The van der Waals surface area contributed by atoms with Gasteiger partial charge < -0.3 is 38.3 Å². The zero-order chi connectivity index (χ0) is 30.2. The first kappa shape index (κ1) is 33.4. The third kappa shape index (κ3) is 9.12. The summed E-state index contributed by atoms with van der Waals surface area (Å²) >= 11 is 17.0. The number of aliphatic hydroxyl groups is 1. The largest absolute Gasteiger partial charge is 0.463 e. The minimum Gasteiger partial charge on any atom is -0.463 e. The fourth-order valence-electron chi connectivity index (χ4n) is 3.73. The molecule has 2 rings (SSSR count). The highest BCUT2D eigenvalue weighted by molar-refractivity contribution is 6.76. The van der Waals surface area contributed by atoms with Crippen molar-refractivity contribution in [3.63, 3.8) is 0 Å². The third-order valence-electron chi connectivity index (χ3n) is 5.26. The van der Waals surface area contributed by atoms with Gasteiger partial charge in [-0.3, -0.25) is 19.8 Å². The lowest BCUT2D eigenvalue weighted by atomic mass is 9.96. The Labute approximate surface area is 240 Å². The van der Waals surface area contributed by atoms with Crippen LogP contribution in [-0.4, -0.2) is 101 Å². The molecule has 0 radical (unpaired) electrons. The van der Waals surface area contributed by atoms with E-state index in [0.717, 1.165) is 20.8 Å². The van der Waals surface area contributed by atoms with Crippen LogP contribution < -0.4 is 0 Å². The molecule has 40 heavy (non-hydrogen) atoms. The summed E-state index contributed by atoms with van der Waals surface area (Å²) in [5.41, 5.74) is 17.9. The summed E-state index contributed by atoms with van der Waals surface area (Å²) in [6.45, 7) is 2.21. The van der Waals surface area contributed by atoms with Crippen molar-refractivity contribution in [3.8, 4) is 0 Å². The molecule has 2 unspecified atom stereocenters. The van der Waals surface area contributed by atoms with Gasteiger partial charge >= 0.3 is 17.9 Å². The smallest absolute Gasteiger partial charge is 0.303 e. The summed E-state index contributed by atoms with van der Waals surface area (Å²) in [5.74, 6) is -3.37. The van der Waals surface area contributed by atoms with Gasteiger partial charge in [-0.15, -0.1) is 0 Å². The van der Waals surface area contributed by atoms with E-state index in [2.05, 4.69) is 20.1 Å². The van der Waals surface area contributed by atoms with Crippen LogP contribution in [0.5, 0.6) is 0 Å². The van der Waals surface area contributed by atoms with Gasteiger partial charge in [0, 0.05) is 30.6 Å². The molecule has 0 aromatic rings. The second-order valence-electron chi connectivity index (χ2n) is 8.18. The molecular formula is C19H24Cl3N7O11. The van der Waals surface area contributed by atoms with E-state index in [0.29, 0.717) is 0 Å². The van der Waals surface area contributed by atoms with Crippen LogP contribution >= 0.6 is 34.8 Å². The van der Waals surface area contributed by atoms with Crippen LogP contribution in [0.4, 0.5) is 0 Å². The Balaban J connectivity index is 2.52. The Morgan fingerprint density at radius 2 is 1.52 bits per heavy atom. The summed E-state index contributed by atoms with van der Waals surface area (Å²) in [4.78, 5) is 40.5. The number of aliphatic hydroxyl groups excluding tert-OH is 1. The Kier molecular flexibility index (Phi) is 12.3.